The Labute approximate surface area is 127 Å². The van der Waals surface area contributed by atoms with Crippen LogP contribution in [0.5, 0.6) is 0 Å². The van der Waals surface area contributed by atoms with Crippen LogP contribution >= 0.6 is 0 Å². The van der Waals surface area contributed by atoms with Crippen LogP contribution in [0.1, 0.15) is 45.0 Å². The summed E-state index contributed by atoms with van der Waals surface area (Å²) in [6.45, 7) is 10.6. The van der Waals surface area contributed by atoms with Crippen LogP contribution in [0.25, 0.3) is 0 Å². The molecular weight excluding hydrogens is 266 g/mol. The van der Waals surface area contributed by atoms with Gasteiger partial charge in [-0.05, 0) is 43.0 Å². The summed E-state index contributed by atoms with van der Waals surface area (Å²) >= 11 is 0. The second-order valence-electron chi connectivity index (χ2n) is 6.08. The fraction of sp³-hybridized carbons (Fsp3) is 0.529. The van der Waals surface area contributed by atoms with Crippen molar-refractivity contribution >= 4 is 17.6 Å². The van der Waals surface area contributed by atoms with Crippen molar-refractivity contribution in [2.24, 2.45) is 11.8 Å². The molecule has 0 spiro atoms. The van der Waals surface area contributed by atoms with Crippen LogP contribution in [-0.4, -0.2) is 25.0 Å². The Balaban J connectivity index is 2.90. The minimum atomic E-state index is -0.340. The molecule has 0 aliphatic rings. The van der Waals surface area contributed by atoms with Gasteiger partial charge in [-0.25, -0.2) is 4.79 Å². The lowest BCUT2D eigenvalue weighted by molar-refractivity contribution is 0.101. The number of amides is 1. The first-order valence-electron chi connectivity index (χ1n) is 7.36. The third kappa shape index (κ3) is 5.58. The smallest absolute Gasteiger partial charge is 0.414 e. The Bertz CT molecular complexity index is 477. The molecule has 21 heavy (non-hydrogen) atoms. The normalized spacial score (nSPS) is 10.8. The number of nitrogens with zero attached hydrogens (tertiary/aromatic N) is 1. The quantitative estimate of drug-likeness (QED) is 0.740. The number of ketones is 1. The lowest BCUT2D eigenvalue weighted by Crippen LogP contribution is -2.35. The van der Waals surface area contributed by atoms with E-state index in [0.29, 0.717) is 30.6 Å². The highest BCUT2D eigenvalue weighted by molar-refractivity contribution is 5.95. The topological polar surface area (TPSA) is 46.6 Å². The van der Waals surface area contributed by atoms with Crippen molar-refractivity contribution < 1.29 is 14.3 Å². The molecule has 0 radical (unpaired) electrons. The van der Waals surface area contributed by atoms with Gasteiger partial charge in [-0.1, -0.05) is 27.7 Å². The molecule has 0 atom stereocenters. The van der Waals surface area contributed by atoms with E-state index >= 15 is 0 Å². The molecule has 4 nitrogen and oxygen atoms in total. The number of Topliss-reactive ketones (excluding diaryl/α,β-unsaturated/α-hetero) is 1. The van der Waals surface area contributed by atoms with Crippen LogP contribution in [0.2, 0.25) is 0 Å². The zero-order chi connectivity index (χ0) is 16.0. The Morgan fingerprint density at radius 3 is 2.05 bits per heavy atom. The van der Waals surface area contributed by atoms with Crippen LogP contribution in [0, 0.1) is 11.8 Å². The second-order valence-corrected chi connectivity index (χ2v) is 6.08. The molecular formula is C17H25NO3. The fourth-order valence-electron chi connectivity index (χ4n) is 1.84. The maximum atomic E-state index is 12.2. The van der Waals surface area contributed by atoms with Gasteiger partial charge < -0.3 is 4.74 Å². The first-order valence-corrected chi connectivity index (χ1v) is 7.36. The standard InChI is InChI=1S/C17H25NO3/c1-12(2)10-18(17(20)21-11-13(3)4)16-8-6-15(7-9-16)14(5)19/h6-9,12-13H,10-11H2,1-5H3. The molecule has 1 aromatic rings. The summed E-state index contributed by atoms with van der Waals surface area (Å²) in [7, 11) is 0. The first-order chi connectivity index (χ1) is 9.81. The second kappa shape index (κ2) is 7.81. The zero-order valence-electron chi connectivity index (χ0n) is 13.6. The molecule has 0 unspecified atom stereocenters. The number of rotatable bonds is 6. The van der Waals surface area contributed by atoms with Crippen LogP contribution in [-0.2, 0) is 4.74 Å². The molecule has 4 heteroatoms. The molecule has 0 bridgehead atoms. The predicted octanol–water partition coefficient (Wildman–Crippen LogP) is 4.14. The minimum Gasteiger partial charge on any atom is -0.449 e. The lowest BCUT2D eigenvalue weighted by Gasteiger charge is -2.24. The first kappa shape index (κ1) is 17.2. The van der Waals surface area contributed by atoms with Crippen molar-refractivity contribution in [3.8, 4) is 0 Å². The highest BCUT2D eigenvalue weighted by Gasteiger charge is 2.19. The van der Waals surface area contributed by atoms with Crippen molar-refractivity contribution in [2.75, 3.05) is 18.1 Å². The van der Waals surface area contributed by atoms with E-state index in [4.69, 9.17) is 4.74 Å². The Morgan fingerprint density at radius 1 is 1.05 bits per heavy atom. The van der Waals surface area contributed by atoms with Gasteiger partial charge in [0.05, 0.1) is 6.61 Å². The minimum absolute atomic E-state index is 0.0133. The number of benzene rings is 1. The molecule has 0 fully saturated rings. The van der Waals surface area contributed by atoms with E-state index in [1.54, 1.807) is 29.2 Å². The van der Waals surface area contributed by atoms with Crippen LogP contribution in [0.3, 0.4) is 0 Å². The maximum absolute atomic E-state index is 12.2. The Morgan fingerprint density at radius 2 is 1.62 bits per heavy atom. The van der Waals surface area contributed by atoms with Gasteiger partial charge in [-0.3, -0.25) is 9.69 Å². The van der Waals surface area contributed by atoms with E-state index in [1.165, 1.54) is 6.92 Å². The summed E-state index contributed by atoms with van der Waals surface area (Å²) < 4.78 is 5.32. The summed E-state index contributed by atoms with van der Waals surface area (Å²) in [4.78, 5) is 25.2. The van der Waals surface area contributed by atoms with Crippen LogP contribution < -0.4 is 4.90 Å². The van der Waals surface area contributed by atoms with Crippen molar-refractivity contribution in [2.45, 2.75) is 34.6 Å². The number of hydrogen-bond donors (Lipinski definition) is 0. The van der Waals surface area contributed by atoms with Crippen molar-refractivity contribution in [1.29, 1.82) is 0 Å². The Hall–Kier alpha value is -1.84. The summed E-state index contributed by atoms with van der Waals surface area (Å²) in [6, 6.07) is 7.05. The largest absolute Gasteiger partial charge is 0.449 e. The monoisotopic (exact) mass is 291 g/mol. The van der Waals surface area contributed by atoms with Gasteiger partial charge in [0.1, 0.15) is 0 Å². The van der Waals surface area contributed by atoms with E-state index in [1.807, 2.05) is 27.7 Å². The molecule has 0 N–H and O–H groups in total. The van der Waals surface area contributed by atoms with E-state index in [-0.39, 0.29) is 11.9 Å². The number of anilines is 1. The van der Waals surface area contributed by atoms with Gasteiger partial charge in [-0.2, -0.15) is 0 Å². The SMILES string of the molecule is CC(=O)c1ccc(N(CC(C)C)C(=O)OCC(C)C)cc1. The van der Waals surface area contributed by atoms with E-state index < -0.39 is 0 Å². The highest BCUT2D eigenvalue weighted by atomic mass is 16.6. The predicted molar refractivity (Wildman–Crippen MR) is 84.8 cm³/mol. The molecule has 1 rings (SSSR count). The lowest BCUT2D eigenvalue weighted by atomic mass is 10.1. The van der Waals surface area contributed by atoms with E-state index in [9.17, 15) is 9.59 Å². The summed E-state index contributed by atoms with van der Waals surface area (Å²) in [5.74, 6) is 0.637. The van der Waals surface area contributed by atoms with Crippen molar-refractivity contribution in [3.63, 3.8) is 0 Å². The molecule has 1 amide bonds. The van der Waals surface area contributed by atoms with Crippen molar-refractivity contribution in [1.82, 2.24) is 0 Å². The number of carbonyl (C=O) groups excluding carboxylic acids is 2. The summed E-state index contributed by atoms with van der Waals surface area (Å²) in [6.07, 6.45) is -0.340. The molecule has 0 aliphatic carbocycles. The fourth-order valence-corrected chi connectivity index (χ4v) is 1.84. The molecule has 0 saturated heterocycles. The average molecular weight is 291 g/mol. The number of hydrogen-bond acceptors (Lipinski definition) is 3. The molecule has 0 aromatic heterocycles. The molecule has 116 valence electrons. The molecule has 0 heterocycles. The van der Waals surface area contributed by atoms with Crippen LogP contribution in [0.15, 0.2) is 24.3 Å². The van der Waals surface area contributed by atoms with Gasteiger partial charge in [0.15, 0.2) is 5.78 Å². The molecule has 0 saturated carbocycles. The van der Waals surface area contributed by atoms with Crippen LogP contribution in [0.4, 0.5) is 10.5 Å². The average Bonchev–Trinajstić information content (AvgIpc) is 2.42. The highest BCUT2D eigenvalue weighted by Crippen LogP contribution is 2.18. The van der Waals surface area contributed by atoms with Gasteiger partial charge in [0.25, 0.3) is 0 Å². The zero-order valence-corrected chi connectivity index (χ0v) is 13.6. The molecule has 0 aliphatic heterocycles. The van der Waals surface area contributed by atoms with Crippen molar-refractivity contribution in [3.05, 3.63) is 29.8 Å². The maximum Gasteiger partial charge on any atom is 0.414 e. The van der Waals surface area contributed by atoms with E-state index in [2.05, 4.69) is 0 Å². The number of ether oxygens (including phenoxy) is 1. The number of carbonyl (C=O) groups is 2. The third-order valence-corrected chi connectivity index (χ3v) is 2.89. The summed E-state index contributed by atoms with van der Waals surface area (Å²) in [5, 5.41) is 0. The molecule has 1 aromatic carbocycles. The van der Waals surface area contributed by atoms with Gasteiger partial charge in [-0.15, -0.1) is 0 Å². The Kier molecular flexibility index (Phi) is 6.40. The summed E-state index contributed by atoms with van der Waals surface area (Å²) in [5.41, 5.74) is 1.39. The third-order valence-electron chi connectivity index (χ3n) is 2.89. The van der Waals surface area contributed by atoms with Gasteiger partial charge in [0.2, 0.25) is 0 Å². The van der Waals surface area contributed by atoms with Gasteiger partial charge in [0, 0.05) is 17.8 Å². The van der Waals surface area contributed by atoms with Gasteiger partial charge >= 0.3 is 6.09 Å². The van der Waals surface area contributed by atoms with E-state index in [0.717, 1.165) is 5.69 Å².